The van der Waals surface area contributed by atoms with Gasteiger partial charge in [0.25, 0.3) is 0 Å². The zero-order valence-electron chi connectivity index (χ0n) is 11.3. The number of aliphatic hydroxyl groups excluding tert-OH is 1. The van der Waals surface area contributed by atoms with Gasteiger partial charge in [-0.25, -0.2) is 8.42 Å². The summed E-state index contributed by atoms with van der Waals surface area (Å²) in [4.78, 5) is 0.259. The molecule has 1 aromatic rings. The van der Waals surface area contributed by atoms with E-state index in [1.165, 1.54) is 11.4 Å². The molecular weight excluding hydrogens is 250 g/mol. The normalized spacial score (nSPS) is 14.2. The number of nitrogens with zero attached hydrogens (tertiary/aromatic N) is 1. The lowest BCUT2D eigenvalue weighted by Gasteiger charge is -2.22. The molecule has 0 radical (unpaired) electrons. The van der Waals surface area contributed by atoms with Gasteiger partial charge in [0.1, 0.15) is 0 Å². The molecule has 0 fully saturated rings. The van der Waals surface area contributed by atoms with E-state index in [1.54, 1.807) is 19.1 Å². The average Bonchev–Trinajstić information content (AvgIpc) is 2.36. The molecule has 0 heterocycles. The molecule has 1 N–H and O–H groups in total. The first-order valence-electron chi connectivity index (χ1n) is 5.99. The molecule has 4 nitrogen and oxygen atoms in total. The number of sulfonamides is 1. The average molecular weight is 271 g/mol. The van der Waals surface area contributed by atoms with Gasteiger partial charge in [-0.1, -0.05) is 26.0 Å². The van der Waals surface area contributed by atoms with Crippen molar-refractivity contribution in [2.75, 3.05) is 13.7 Å². The Morgan fingerprint density at radius 3 is 2.06 bits per heavy atom. The van der Waals surface area contributed by atoms with Crippen LogP contribution in [-0.4, -0.2) is 37.5 Å². The number of hydrogen-bond acceptors (Lipinski definition) is 3. The third kappa shape index (κ3) is 3.10. The SMILES string of the molecule is CC(C)c1ccc(S(=O)(=O)N(C)C(C)CO)cc1. The molecule has 18 heavy (non-hydrogen) atoms. The van der Waals surface area contributed by atoms with E-state index in [-0.39, 0.29) is 11.5 Å². The molecule has 1 atom stereocenters. The molecular formula is C13H21NO3S. The van der Waals surface area contributed by atoms with Gasteiger partial charge in [0.15, 0.2) is 0 Å². The number of rotatable bonds is 5. The van der Waals surface area contributed by atoms with Crippen LogP contribution >= 0.6 is 0 Å². The van der Waals surface area contributed by atoms with Gasteiger partial charge in [-0.05, 0) is 30.5 Å². The lowest BCUT2D eigenvalue weighted by Crippen LogP contribution is -2.37. The second-order valence-electron chi connectivity index (χ2n) is 4.78. The van der Waals surface area contributed by atoms with Crippen LogP contribution in [0.5, 0.6) is 0 Å². The van der Waals surface area contributed by atoms with E-state index in [9.17, 15) is 8.42 Å². The van der Waals surface area contributed by atoms with E-state index in [0.717, 1.165) is 5.56 Å². The maximum Gasteiger partial charge on any atom is 0.243 e. The predicted octanol–water partition coefficient (Wildman–Crippen LogP) is 1.81. The Kier molecular flexibility index (Phi) is 4.90. The zero-order chi connectivity index (χ0) is 13.9. The van der Waals surface area contributed by atoms with Crippen molar-refractivity contribution in [2.45, 2.75) is 37.6 Å². The van der Waals surface area contributed by atoms with Crippen LogP contribution in [0, 0.1) is 0 Å². The monoisotopic (exact) mass is 271 g/mol. The van der Waals surface area contributed by atoms with Crippen LogP contribution in [0.3, 0.4) is 0 Å². The fraction of sp³-hybridized carbons (Fsp3) is 0.538. The molecule has 102 valence electrons. The van der Waals surface area contributed by atoms with Gasteiger partial charge >= 0.3 is 0 Å². The van der Waals surface area contributed by atoms with E-state index >= 15 is 0 Å². The lowest BCUT2D eigenvalue weighted by atomic mass is 10.0. The first kappa shape index (κ1) is 15.1. The largest absolute Gasteiger partial charge is 0.395 e. The zero-order valence-corrected chi connectivity index (χ0v) is 12.1. The summed E-state index contributed by atoms with van der Waals surface area (Å²) in [6, 6.07) is 6.46. The van der Waals surface area contributed by atoms with Gasteiger partial charge in [-0.15, -0.1) is 0 Å². The van der Waals surface area contributed by atoms with Crippen molar-refractivity contribution in [3.05, 3.63) is 29.8 Å². The number of benzene rings is 1. The highest BCUT2D eigenvalue weighted by Crippen LogP contribution is 2.20. The van der Waals surface area contributed by atoms with Crippen molar-refractivity contribution >= 4 is 10.0 Å². The topological polar surface area (TPSA) is 57.6 Å². The van der Waals surface area contributed by atoms with E-state index in [4.69, 9.17) is 5.11 Å². The Balaban J connectivity index is 3.06. The van der Waals surface area contributed by atoms with Crippen LogP contribution in [-0.2, 0) is 10.0 Å². The fourth-order valence-electron chi connectivity index (χ4n) is 1.54. The molecule has 1 aromatic carbocycles. The van der Waals surface area contributed by atoms with Crippen molar-refractivity contribution < 1.29 is 13.5 Å². The van der Waals surface area contributed by atoms with Crippen molar-refractivity contribution in [1.82, 2.24) is 4.31 Å². The van der Waals surface area contributed by atoms with Gasteiger partial charge in [0.2, 0.25) is 10.0 Å². The molecule has 1 unspecified atom stereocenters. The maximum absolute atomic E-state index is 12.2. The van der Waals surface area contributed by atoms with E-state index in [0.29, 0.717) is 5.92 Å². The number of hydrogen-bond donors (Lipinski definition) is 1. The fourth-order valence-corrected chi connectivity index (χ4v) is 2.90. The van der Waals surface area contributed by atoms with Gasteiger partial charge < -0.3 is 5.11 Å². The van der Waals surface area contributed by atoms with E-state index in [1.807, 2.05) is 12.1 Å². The van der Waals surface area contributed by atoms with Gasteiger partial charge in [-0.3, -0.25) is 0 Å². The Bertz CT molecular complexity index is 479. The Morgan fingerprint density at radius 2 is 1.67 bits per heavy atom. The molecule has 0 bridgehead atoms. The second-order valence-corrected chi connectivity index (χ2v) is 6.77. The van der Waals surface area contributed by atoms with Crippen LogP contribution in [0.15, 0.2) is 29.2 Å². The minimum absolute atomic E-state index is 0.195. The molecule has 5 heteroatoms. The molecule has 0 amide bonds. The molecule has 0 aliphatic carbocycles. The summed E-state index contributed by atoms with van der Waals surface area (Å²) < 4.78 is 25.6. The highest BCUT2D eigenvalue weighted by Gasteiger charge is 2.24. The summed E-state index contributed by atoms with van der Waals surface area (Å²) in [7, 11) is -2.04. The molecule has 0 spiro atoms. The molecule has 1 rings (SSSR count). The van der Waals surface area contributed by atoms with Gasteiger partial charge in [-0.2, -0.15) is 4.31 Å². The van der Waals surface area contributed by atoms with Crippen LogP contribution in [0.2, 0.25) is 0 Å². The Morgan fingerprint density at radius 1 is 1.17 bits per heavy atom. The summed E-state index contributed by atoms with van der Waals surface area (Å²) in [5.41, 5.74) is 1.10. The second kappa shape index (κ2) is 5.82. The van der Waals surface area contributed by atoms with Gasteiger partial charge in [0.05, 0.1) is 11.5 Å². The predicted molar refractivity (Wildman–Crippen MR) is 72.0 cm³/mol. The Hall–Kier alpha value is -0.910. The summed E-state index contributed by atoms with van der Waals surface area (Å²) >= 11 is 0. The molecule has 0 aliphatic heterocycles. The van der Waals surface area contributed by atoms with E-state index < -0.39 is 16.1 Å². The van der Waals surface area contributed by atoms with Crippen molar-refractivity contribution in [3.8, 4) is 0 Å². The lowest BCUT2D eigenvalue weighted by molar-refractivity contribution is 0.214. The first-order valence-corrected chi connectivity index (χ1v) is 7.43. The van der Waals surface area contributed by atoms with Crippen LogP contribution < -0.4 is 0 Å². The first-order chi connectivity index (χ1) is 8.30. The molecule has 0 aromatic heterocycles. The standard InChI is InChI=1S/C13H21NO3S/c1-10(2)12-5-7-13(8-6-12)18(16,17)14(4)11(3)9-15/h5-8,10-11,15H,9H2,1-4H3. The molecule has 0 saturated heterocycles. The highest BCUT2D eigenvalue weighted by molar-refractivity contribution is 7.89. The van der Waals surface area contributed by atoms with Gasteiger partial charge in [0, 0.05) is 13.1 Å². The Labute approximate surface area is 109 Å². The van der Waals surface area contributed by atoms with Crippen molar-refractivity contribution in [1.29, 1.82) is 0 Å². The summed E-state index contributed by atoms with van der Waals surface area (Å²) in [6.45, 7) is 5.59. The smallest absolute Gasteiger partial charge is 0.243 e. The third-order valence-electron chi connectivity index (χ3n) is 3.11. The summed E-state index contributed by atoms with van der Waals surface area (Å²) in [5.74, 6) is 0.371. The maximum atomic E-state index is 12.2. The number of likely N-dealkylation sites (N-methyl/N-ethyl adjacent to an activating group) is 1. The molecule has 0 saturated carbocycles. The summed E-state index contributed by atoms with van der Waals surface area (Å²) in [5, 5.41) is 9.03. The molecule has 0 aliphatic rings. The minimum Gasteiger partial charge on any atom is -0.395 e. The van der Waals surface area contributed by atoms with E-state index in [2.05, 4.69) is 13.8 Å². The highest BCUT2D eigenvalue weighted by atomic mass is 32.2. The van der Waals surface area contributed by atoms with Crippen LogP contribution in [0.25, 0.3) is 0 Å². The van der Waals surface area contributed by atoms with Crippen molar-refractivity contribution in [2.24, 2.45) is 0 Å². The summed E-state index contributed by atoms with van der Waals surface area (Å²) in [6.07, 6.45) is 0. The quantitative estimate of drug-likeness (QED) is 0.888. The van der Waals surface area contributed by atoms with Crippen molar-refractivity contribution in [3.63, 3.8) is 0 Å². The minimum atomic E-state index is -3.52. The van der Waals surface area contributed by atoms with Crippen LogP contribution in [0.4, 0.5) is 0 Å². The third-order valence-corrected chi connectivity index (χ3v) is 5.09. The van der Waals surface area contributed by atoms with Crippen LogP contribution in [0.1, 0.15) is 32.3 Å². The number of aliphatic hydroxyl groups is 1.